The fraction of sp³-hybridized carbons (Fsp3) is 0.261. The molecule has 0 amide bonds. The van der Waals surface area contributed by atoms with E-state index in [4.69, 9.17) is 28.4 Å². The van der Waals surface area contributed by atoms with Crippen molar-refractivity contribution in [1.82, 2.24) is 4.98 Å². The summed E-state index contributed by atoms with van der Waals surface area (Å²) in [4.78, 5) is 28.9. The Morgan fingerprint density at radius 1 is 0.788 bits per heavy atom. The van der Waals surface area contributed by atoms with E-state index in [0.717, 1.165) is 24.6 Å². The summed E-state index contributed by atoms with van der Waals surface area (Å²) in [5, 5.41) is 0.0409. The van der Waals surface area contributed by atoms with Gasteiger partial charge in [-0.2, -0.15) is 0 Å². The first-order chi connectivity index (χ1) is 16.1. The molecule has 2 fully saturated rings. The molecule has 2 aliphatic rings. The molecule has 3 heterocycles. The molecular weight excluding hydrogens is 450 g/mol. The topological polar surface area (TPSA) is 109 Å². The first-order valence-electron chi connectivity index (χ1n) is 10.2. The number of nitrogens with zero attached hydrogens (tertiary/aromatic N) is 1. The fourth-order valence-corrected chi connectivity index (χ4v) is 3.35. The second-order valence-electron chi connectivity index (χ2n) is 7.28. The largest absolute Gasteiger partial charge is 0.491 e. The summed E-state index contributed by atoms with van der Waals surface area (Å²) in [5.74, 6) is 0.715. The molecule has 2 saturated heterocycles. The molecule has 1 aromatic heterocycles. The van der Waals surface area contributed by atoms with Crippen LogP contribution in [0.25, 0.3) is 0 Å². The van der Waals surface area contributed by atoms with Gasteiger partial charge in [0.25, 0.3) is 0 Å². The molecule has 170 valence electrons. The number of hydrogen-bond acceptors (Lipinski definition) is 10. The van der Waals surface area contributed by atoms with Crippen LogP contribution in [-0.4, -0.2) is 55.6 Å². The summed E-state index contributed by atoms with van der Waals surface area (Å²) >= 11 is 0.893. The van der Waals surface area contributed by atoms with Crippen molar-refractivity contribution in [3.05, 3.63) is 64.6 Å². The van der Waals surface area contributed by atoms with Gasteiger partial charge >= 0.3 is 11.9 Å². The van der Waals surface area contributed by atoms with Gasteiger partial charge in [-0.25, -0.2) is 14.6 Å². The maximum absolute atomic E-state index is 12.4. The van der Waals surface area contributed by atoms with E-state index in [9.17, 15) is 9.59 Å². The molecule has 0 aliphatic carbocycles. The second kappa shape index (κ2) is 9.57. The lowest BCUT2D eigenvalue weighted by molar-refractivity contribution is 0.0727. The Bertz CT molecular complexity index is 1030. The Morgan fingerprint density at radius 3 is 1.73 bits per heavy atom. The number of hydrogen-bond donors (Lipinski definition) is 0. The van der Waals surface area contributed by atoms with E-state index in [0.29, 0.717) is 36.2 Å². The average Bonchev–Trinajstić information content (AvgIpc) is 3.77. The summed E-state index contributed by atoms with van der Waals surface area (Å²) in [6, 6.07) is 13.3. The number of epoxide rings is 2. The predicted molar refractivity (Wildman–Crippen MR) is 115 cm³/mol. The smallest absolute Gasteiger partial charge is 0.372 e. The molecule has 0 bridgehead atoms. The maximum Gasteiger partial charge on any atom is 0.372 e. The van der Waals surface area contributed by atoms with Gasteiger partial charge in [0.2, 0.25) is 5.01 Å². The van der Waals surface area contributed by atoms with E-state index in [1.807, 2.05) is 0 Å². The van der Waals surface area contributed by atoms with Crippen LogP contribution in [0.4, 0.5) is 0 Å². The highest BCUT2D eigenvalue weighted by molar-refractivity contribution is 7.15. The SMILES string of the molecule is O=C(Oc1ccc(OCC2CO2)cc1)c1cnc(C(=O)Oc2ccc(OCC3CO3)cc2)s1. The summed E-state index contributed by atoms with van der Waals surface area (Å²) in [7, 11) is 0. The van der Waals surface area contributed by atoms with Gasteiger partial charge in [0.05, 0.1) is 19.4 Å². The number of ether oxygens (including phenoxy) is 6. The van der Waals surface area contributed by atoms with Gasteiger partial charge in [0.1, 0.15) is 53.3 Å². The first-order valence-corrected chi connectivity index (χ1v) is 11.0. The second-order valence-corrected chi connectivity index (χ2v) is 8.31. The minimum Gasteiger partial charge on any atom is -0.491 e. The molecule has 0 N–H and O–H groups in total. The van der Waals surface area contributed by atoms with Crippen molar-refractivity contribution in [2.45, 2.75) is 12.2 Å². The van der Waals surface area contributed by atoms with Crippen molar-refractivity contribution in [3.63, 3.8) is 0 Å². The zero-order valence-corrected chi connectivity index (χ0v) is 18.1. The third kappa shape index (κ3) is 6.07. The van der Waals surface area contributed by atoms with Crippen molar-refractivity contribution < 1.29 is 38.0 Å². The van der Waals surface area contributed by atoms with Crippen LogP contribution in [0.3, 0.4) is 0 Å². The number of thiazole rings is 1. The van der Waals surface area contributed by atoms with E-state index in [1.165, 1.54) is 6.20 Å². The number of carbonyl (C=O) groups is 2. The van der Waals surface area contributed by atoms with Crippen molar-refractivity contribution in [1.29, 1.82) is 0 Å². The molecular formula is C23H19NO8S. The lowest BCUT2D eigenvalue weighted by Gasteiger charge is -2.06. The van der Waals surface area contributed by atoms with Crippen LogP contribution in [0.5, 0.6) is 23.0 Å². The highest BCUT2D eigenvalue weighted by Crippen LogP contribution is 2.23. The van der Waals surface area contributed by atoms with Gasteiger partial charge < -0.3 is 28.4 Å². The van der Waals surface area contributed by atoms with E-state index in [1.54, 1.807) is 48.5 Å². The van der Waals surface area contributed by atoms with E-state index in [2.05, 4.69) is 4.98 Å². The average molecular weight is 469 g/mol. The summed E-state index contributed by atoms with van der Waals surface area (Å²) in [6.45, 7) is 2.42. The Hall–Kier alpha value is -3.47. The number of carbonyl (C=O) groups excluding carboxylic acids is 2. The van der Waals surface area contributed by atoms with Crippen LogP contribution in [0.15, 0.2) is 54.7 Å². The van der Waals surface area contributed by atoms with E-state index >= 15 is 0 Å². The van der Waals surface area contributed by atoms with Crippen LogP contribution in [0.1, 0.15) is 19.5 Å². The number of aromatic nitrogens is 1. The zero-order valence-electron chi connectivity index (χ0n) is 17.3. The standard InChI is InChI=1S/C23H19NO8S/c25-22(31-16-5-1-14(2-6-16)27-10-18-12-29-18)20-9-24-21(33-20)23(26)32-17-7-3-15(4-8-17)28-11-19-13-30-19/h1-9,18-19H,10-13H2. The van der Waals surface area contributed by atoms with Gasteiger partial charge in [0.15, 0.2) is 0 Å². The Balaban J connectivity index is 1.12. The minimum atomic E-state index is -0.666. The third-order valence-electron chi connectivity index (χ3n) is 4.63. The van der Waals surface area contributed by atoms with Gasteiger partial charge in [-0.3, -0.25) is 0 Å². The van der Waals surface area contributed by atoms with Crippen molar-refractivity contribution >= 4 is 23.3 Å². The highest BCUT2D eigenvalue weighted by atomic mass is 32.1. The minimum absolute atomic E-state index is 0.0409. The maximum atomic E-state index is 12.4. The van der Waals surface area contributed by atoms with Gasteiger partial charge in [-0.1, -0.05) is 0 Å². The van der Waals surface area contributed by atoms with Crippen molar-refractivity contribution in [3.8, 4) is 23.0 Å². The zero-order chi connectivity index (χ0) is 22.6. The Morgan fingerprint density at radius 2 is 1.24 bits per heavy atom. The van der Waals surface area contributed by atoms with Crippen LogP contribution >= 0.6 is 11.3 Å². The van der Waals surface area contributed by atoms with Crippen LogP contribution in [-0.2, 0) is 9.47 Å². The Labute approximate surface area is 192 Å². The van der Waals surface area contributed by atoms with Crippen LogP contribution < -0.4 is 18.9 Å². The van der Waals surface area contributed by atoms with Gasteiger partial charge in [-0.05, 0) is 48.5 Å². The third-order valence-corrected chi connectivity index (χ3v) is 5.58. The predicted octanol–water partition coefficient (Wildman–Crippen LogP) is 3.14. The normalized spacial score (nSPS) is 18.3. The molecule has 0 spiro atoms. The van der Waals surface area contributed by atoms with Crippen LogP contribution in [0, 0.1) is 0 Å². The molecule has 2 atom stereocenters. The monoisotopic (exact) mass is 469 g/mol. The first kappa shape index (κ1) is 21.4. The number of rotatable bonds is 10. The lowest BCUT2D eigenvalue weighted by Crippen LogP contribution is -2.08. The molecule has 5 rings (SSSR count). The van der Waals surface area contributed by atoms with E-state index < -0.39 is 11.9 Å². The molecule has 9 nitrogen and oxygen atoms in total. The van der Waals surface area contributed by atoms with Crippen molar-refractivity contribution in [2.75, 3.05) is 26.4 Å². The molecule has 2 aliphatic heterocycles. The fourth-order valence-electron chi connectivity index (χ4n) is 2.69. The molecule has 3 aromatic rings. The molecule has 10 heteroatoms. The summed E-state index contributed by atoms with van der Waals surface area (Å²) < 4.78 is 31.9. The quantitative estimate of drug-likeness (QED) is 0.251. The summed E-state index contributed by atoms with van der Waals surface area (Å²) in [6.07, 6.45) is 1.61. The molecule has 0 radical (unpaired) electrons. The summed E-state index contributed by atoms with van der Waals surface area (Å²) in [5.41, 5.74) is 0. The van der Waals surface area contributed by atoms with Gasteiger partial charge in [-0.15, -0.1) is 11.3 Å². The molecule has 33 heavy (non-hydrogen) atoms. The van der Waals surface area contributed by atoms with E-state index in [-0.39, 0.29) is 22.1 Å². The Kier molecular flexibility index (Phi) is 6.20. The lowest BCUT2D eigenvalue weighted by atomic mass is 10.3. The molecule has 0 saturated carbocycles. The molecule has 2 unspecified atom stereocenters. The highest BCUT2D eigenvalue weighted by Gasteiger charge is 2.24. The van der Waals surface area contributed by atoms with Gasteiger partial charge in [0, 0.05) is 0 Å². The number of benzene rings is 2. The molecule has 2 aromatic carbocycles. The van der Waals surface area contributed by atoms with Crippen LogP contribution in [0.2, 0.25) is 0 Å². The number of esters is 2. The van der Waals surface area contributed by atoms with Crippen molar-refractivity contribution in [2.24, 2.45) is 0 Å².